The number of likely N-dealkylation sites (N-methyl/N-ethyl adjacent to an activating group) is 1. The monoisotopic (exact) mass is 316 g/mol. The number of rotatable bonds is 4. The largest absolute Gasteiger partial charge is 0.345 e. The zero-order valence-corrected chi connectivity index (χ0v) is 14.9. The van der Waals surface area contributed by atoms with Crippen molar-refractivity contribution in [1.29, 1.82) is 0 Å². The number of piperidine rings is 1. The molecule has 126 valence electrons. The lowest BCUT2D eigenvalue weighted by atomic mass is 9.89. The lowest BCUT2D eigenvalue weighted by Gasteiger charge is -2.31. The van der Waals surface area contributed by atoms with Crippen LogP contribution in [0.4, 0.5) is 0 Å². The molecular formula is C19H28N2O2. The van der Waals surface area contributed by atoms with Gasteiger partial charge in [-0.15, -0.1) is 0 Å². The average Bonchev–Trinajstić information content (AvgIpc) is 2.49. The summed E-state index contributed by atoms with van der Waals surface area (Å²) in [6.45, 7) is 8.96. The minimum Gasteiger partial charge on any atom is -0.345 e. The number of nitrogens with zero attached hydrogens (tertiary/aromatic N) is 2. The van der Waals surface area contributed by atoms with Gasteiger partial charge in [-0.2, -0.15) is 0 Å². The van der Waals surface area contributed by atoms with Crippen molar-refractivity contribution in [3.05, 3.63) is 35.4 Å². The molecule has 0 N–H and O–H groups in total. The van der Waals surface area contributed by atoms with Gasteiger partial charge in [0.05, 0.1) is 5.92 Å². The molecule has 0 radical (unpaired) electrons. The molecule has 1 heterocycles. The Bertz CT molecular complexity index is 555. The predicted octanol–water partition coefficient (Wildman–Crippen LogP) is 3.28. The van der Waals surface area contributed by atoms with Crippen molar-refractivity contribution < 1.29 is 9.59 Å². The van der Waals surface area contributed by atoms with Crippen molar-refractivity contribution >= 4 is 11.8 Å². The molecule has 0 aliphatic carbocycles. The Morgan fingerprint density at radius 1 is 1.13 bits per heavy atom. The van der Waals surface area contributed by atoms with Crippen molar-refractivity contribution in [2.24, 2.45) is 0 Å². The third kappa shape index (κ3) is 3.74. The first-order chi connectivity index (χ1) is 10.8. The van der Waals surface area contributed by atoms with E-state index in [1.54, 1.807) is 4.90 Å². The van der Waals surface area contributed by atoms with Gasteiger partial charge in [0.2, 0.25) is 5.91 Å². The van der Waals surface area contributed by atoms with Gasteiger partial charge in [0, 0.05) is 31.2 Å². The number of likely N-dealkylation sites (tertiary alicyclic amines) is 1. The second-order valence-electron chi connectivity index (χ2n) is 6.98. The Labute approximate surface area is 139 Å². The summed E-state index contributed by atoms with van der Waals surface area (Å²) in [6.07, 6.45) is 1.92. The molecule has 1 atom stereocenters. The molecule has 0 saturated carbocycles. The fourth-order valence-corrected chi connectivity index (χ4v) is 3.41. The van der Waals surface area contributed by atoms with E-state index in [1.807, 2.05) is 63.9 Å². The van der Waals surface area contributed by atoms with Crippen LogP contribution in [0.25, 0.3) is 0 Å². The van der Waals surface area contributed by atoms with E-state index in [4.69, 9.17) is 0 Å². The number of hydrogen-bond acceptors (Lipinski definition) is 2. The molecule has 4 nitrogen and oxygen atoms in total. The molecule has 0 spiro atoms. The number of amides is 2. The standard InChI is InChI=1S/C19H28N2O2/c1-13(2)21(14(3)4)18(22)16-10-8-15(9-11-16)17-7-6-12-20(5)19(17)23/h8-11,13-14,17H,6-7,12H2,1-5H3. The maximum atomic E-state index is 12.7. The highest BCUT2D eigenvalue weighted by molar-refractivity contribution is 5.95. The molecule has 1 unspecified atom stereocenters. The van der Waals surface area contributed by atoms with E-state index in [1.165, 1.54) is 0 Å². The van der Waals surface area contributed by atoms with E-state index >= 15 is 0 Å². The fourth-order valence-electron chi connectivity index (χ4n) is 3.41. The van der Waals surface area contributed by atoms with Crippen LogP contribution in [-0.2, 0) is 4.79 Å². The van der Waals surface area contributed by atoms with Crippen molar-refractivity contribution in [2.45, 2.75) is 58.5 Å². The first-order valence-corrected chi connectivity index (χ1v) is 8.50. The van der Waals surface area contributed by atoms with E-state index in [9.17, 15) is 9.59 Å². The van der Waals surface area contributed by atoms with Gasteiger partial charge in [0.1, 0.15) is 0 Å². The molecule has 2 amide bonds. The fraction of sp³-hybridized carbons (Fsp3) is 0.579. The second-order valence-corrected chi connectivity index (χ2v) is 6.98. The molecule has 0 bridgehead atoms. The molecule has 0 aromatic heterocycles. The highest BCUT2D eigenvalue weighted by Gasteiger charge is 2.28. The minimum atomic E-state index is -0.0656. The Morgan fingerprint density at radius 2 is 1.70 bits per heavy atom. The van der Waals surface area contributed by atoms with Crippen LogP contribution in [0.5, 0.6) is 0 Å². The highest BCUT2D eigenvalue weighted by Crippen LogP contribution is 2.28. The van der Waals surface area contributed by atoms with E-state index in [0.717, 1.165) is 24.9 Å². The van der Waals surface area contributed by atoms with Crippen molar-refractivity contribution in [2.75, 3.05) is 13.6 Å². The molecule has 1 saturated heterocycles. The van der Waals surface area contributed by atoms with Gasteiger partial charge in [0.15, 0.2) is 0 Å². The summed E-state index contributed by atoms with van der Waals surface area (Å²) in [7, 11) is 1.86. The summed E-state index contributed by atoms with van der Waals surface area (Å²) in [5.41, 5.74) is 1.70. The first kappa shape index (κ1) is 17.5. The van der Waals surface area contributed by atoms with Crippen LogP contribution in [0, 0.1) is 0 Å². The SMILES string of the molecule is CC(C)N(C(=O)c1ccc(C2CCCN(C)C2=O)cc1)C(C)C. The summed E-state index contributed by atoms with van der Waals surface area (Å²) < 4.78 is 0. The van der Waals surface area contributed by atoms with Gasteiger partial charge >= 0.3 is 0 Å². The van der Waals surface area contributed by atoms with Gasteiger partial charge in [0.25, 0.3) is 5.91 Å². The summed E-state index contributed by atoms with van der Waals surface area (Å²) in [6, 6.07) is 7.92. The molecule has 1 aromatic carbocycles. The van der Waals surface area contributed by atoms with E-state index in [-0.39, 0.29) is 29.8 Å². The van der Waals surface area contributed by atoms with E-state index < -0.39 is 0 Å². The molecule has 1 aromatic rings. The number of carbonyl (C=O) groups is 2. The van der Waals surface area contributed by atoms with Gasteiger partial charge in [-0.1, -0.05) is 12.1 Å². The van der Waals surface area contributed by atoms with Crippen LogP contribution in [0.1, 0.15) is 62.4 Å². The van der Waals surface area contributed by atoms with E-state index in [0.29, 0.717) is 5.56 Å². The smallest absolute Gasteiger partial charge is 0.254 e. The molecule has 2 rings (SSSR count). The maximum absolute atomic E-state index is 12.7. The average molecular weight is 316 g/mol. The van der Waals surface area contributed by atoms with Crippen LogP contribution in [0.15, 0.2) is 24.3 Å². The minimum absolute atomic E-state index is 0.0497. The summed E-state index contributed by atoms with van der Waals surface area (Å²) >= 11 is 0. The third-order valence-electron chi connectivity index (χ3n) is 4.57. The Hall–Kier alpha value is -1.84. The number of benzene rings is 1. The zero-order valence-electron chi connectivity index (χ0n) is 14.9. The normalized spacial score (nSPS) is 18.7. The van der Waals surface area contributed by atoms with Crippen LogP contribution >= 0.6 is 0 Å². The molecule has 1 aliphatic rings. The van der Waals surface area contributed by atoms with Gasteiger partial charge in [-0.05, 0) is 58.2 Å². The van der Waals surface area contributed by atoms with Crippen molar-refractivity contribution in [3.8, 4) is 0 Å². The molecule has 23 heavy (non-hydrogen) atoms. The Kier molecular flexibility index (Phi) is 5.45. The van der Waals surface area contributed by atoms with Crippen LogP contribution in [0.2, 0.25) is 0 Å². The maximum Gasteiger partial charge on any atom is 0.254 e. The van der Waals surface area contributed by atoms with Gasteiger partial charge in [-0.25, -0.2) is 0 Å². The van der Waals surface area contributed by atoms with Gasteiger partial charge < -0.3 is 9.80 Å². The lowest BCUT2D eigenvalue weighted by Crippen LogP contribution is -2.42. The summed E-state index contributed by atoms with van der Waals surface area (Å²) in [4.78, 5) is 28.6. The summed E-state index contributed by atoms with van der Waals surface area (Å²) in [5, 5.41) is 0. The van der Waals surface area contributed by atoms with Gasteiger partial charge in [-0.3, -0.25) is 9.59 Å². The van der Waals surface area contributed by atoms with Crippen LogP contribution < -0.4 is 0 Å². The van der Waals surface area contributed by atoms with Crippen molar-refractivity contribution in [1.82, 2.24) is 9.80 Å². The molecule has 4 heteroatoms. The van der Waals surface area contributed by atoms with E-state index in [2.05, 4.69) is 0 Å². The number of carbonyl (C=O) groups excluding carboxylic acids is 2. The predicted molar refractivity (Wildman–Crippen MR) is 92.5 cm³/mol. The Balaban J connectivity index is 2.19. The molecule has 1 aliphatic heterocycles. The summed E-state index contributed by atoms with van der Waals surface area (Å²) in [5.74, 6) is 0.166. The first-order valence-electron chi connectivity index (χ1n) is 8.50. The van der Waals surface area contributed by atoms with Crippen LogP contribution in [0.3, 0.4) is 0 Å². The molecule has 1 fully saturated rings. The number of hydrogen-bond donors (Lipinski definition) is 0. The second kappa shape index (κ2) is 7.16. The third-order valence-corrected chi connectivity index (χ3v) is 4.57. The highest BCUT2D eigenvalue weighted by atomic mass is 16.2. The van der Waals surface area contributed by atoms with Crippen LogP contribution in [-0.4, -0.2) is 47.3 Å². The zero-order chi connectivity index (χ0) is 17.1. The quantitative estimate of drug-likeness (QED) is 0.855. The lowest BCUT2D eigenvalue weighted by molar-refractivity contribution is -0.133. The topological polar surface area (TPSA) is 40.6 Å². The Morgan fingerprint density at radius 3 is 2.22 bits per heavy atom. The molecular weight excluding hydrogens is 288 g/mol. The van der Waals surface area contributed by atoms with Crippen molar-refractivity contribution in [3.63, 3.8) is 0 Å².